The Labute approximate surface area is 142 Å². The number of amides is 1. The number of halogens is 2. The molecule has 2 aromatic carbocycles. The minimum absolute atomic E-state index is 0.0570. The number of carbonyl (C=O) groups is 1. The molecular weight excluding hydrogens is 332 g/mol. The molecule has 7 heteroatoms. The van der Waals surface area contributed by atoms with Gasteiger partial charge in [0.2, 0.25) is 0 Å². The molecule has 1 heterocycles. The number of hydrogen-bond acceptors (Lipinski definition) is 4. The molecule has 25 heavy (non-hydrogen) atoms. The van der Waals surface area contributed by atoms with Gasteiger partial charge in [-0.15, -0.1) is 0 Å². The van der Waals surface area contributed by atoms with Crippen LogP contribution >= 0.6 is 0 Å². The SMILES string of the molecule is C=Cc1ccc2c(c1)OC(COc1ccc(F)c(C(N)=O)c1F)CO2. The van der Waals surface area contributed by atoms with E-state index in [9.17, 15) is 13.6 Å². The maximum Gasteiger partial charge on any atom is 0.254 e. The van der Waals surface area contributed by atoms with E-state index in [0.29, 0.717) is 11.5 Å². The summed E-state index contributed by atoms with van der Waals surface area (Å²) in [6.07, 6.45) is 1.16. The zero-order valence-corrected chi connectivity index (χ0v) is 13.1. The molecule has 1 aliphatic heterocycles. The average Bonchev–Trinajstić information content (AvgIpc) is 2.60. The molecule has 0 saturated heterocycles. The average molecular weight is 347 g/mol. The molecule has 0 saturated carbocycles. The predicted octanol–water partition coefficient (Wildman–Crippen LogP) is 2.93. The van der Waals surface area contributed by atoms with E-state index in [1.54, 1.807) is 18.2 Å². The van der Waals surface area contributed by atoms with Gasteiger partial charge in [-0.05, 0) is 29.8 Å². The second-order valence-electron chi connectivity index (χ2n) is 5.37. The fourth-order valence-electron chi connectivity index (χ4n) is 2.39. The van der Waals surface area contributed by atoms with Crippen molar-refractivity contribution in [2.75, 3.05) is 13.2 Å². The fourth-order valence-corrected chi connectivity index (χ4v) is 2.39. The molecule has 0 radical (unpaired) electrons. The van der Waals surface area contributed by atoms with Gasteiger partial charge in [0.1, 0.15) is 24.6 Å². The largest absolute Gasteiger partial charge is 0.486 e. The molecule has 0 aliphatic carbocycles. The van der Waals surface area contributed by atoms with Crippen molar-refractivity contribution in [3.63, 3.8) is 0 Å². The number of carbonyl (C=O) groups excluding carboxylic acids is 1. The molecule has 0 fully saturated rings. The molecule has 1 amide bonds. The molecule has 0 spiro atoms. The maximum absolute atomic E-state index is 14.1. The topological polar surface area (TPSA) is 70.8 Å². The first-order valence-corrected chi connectivity index (χ1v) is 7.46. The predicted molar refractivity (Wildman–Crippen MR) is 86.8 cm³/mol. The van der Waals surface area contributed by atoms with E-state index in [1.807, 2.05) is 6.07 Å². The third kappa shape index (κ3) is 3.40. The molecule has 5 nitrogen and oxygen atoms in total. The lowest BCUT2D eigenvalue weighted by Crippen LogP contribution is -2.34. The van der Waals surface area contributed by atoms with E-state index in [4.69, 9.17) is 19.9 Å². The van der Waals surface area contributed by atoms with Crippen molar-refractivity contribution in [1.29, 1.82) is 0 Å². The number of rotatable bonds is 5. The van der Waals surface area contributed by atoms with E-state index in [1.165, 1.54) is 0 Å². The summed E-state index contributed by atoms with van der Waals surface area (Å²) in [6, 6.07) is 7.37. The summed E-state index contributed by atoms with van der Waals surface area (Å²) in [5.74, 6) is -2.56. The van der Waals surface area contributed by atoms with Crippen LogP contribution in [0.25, 0.3) is 6.08 Å². The molecule has 3 rings (SSSR count). The Morgan fingerprint density at radius 3 is 2.84 bits per heavy atom. The zero-order valence-electron chi connectivity index (χ0n) is 13.1. The van der Waals surface area contributed by atoms with Gasteiger partial charge in [0.05, 0.1) is 0 Å². The van der Waals surface area contributed by atoms with Crippen LogP contribution in [0.3, 0.4) is 0 Å². The standard InChI is InChI=1S/C18H15F2NO4/c1-2-10-3-5-13-15(7-10)25-11(8-23-13)9-24-14-6-4-12(19)16(17(14)20)18(21)22/h2-7,11H,1,8-9H2,(H2,21,22). The summed E-state index contributed by atoms with van der Waals surface area (Å²) in [4.78, 5) is 11.1. The summed E-state index contributed by atoms with van der Waals surface area (Å²) in [7, 11) is 0. The summed E-state index contributed by atoms with van der Waals surface area (Å²) in [5.41, 5.74) is 5.00. The van der Waals surface area contributed by atoms with Gasteiger partial charge in [0.15, 0.2) is 29.2 Å². The van der Waals surface area contributed by atoms with Crippen LogP contribution < -0.4 is 19.9 Å². The van der Waals surface area contributed by atoms with E-state index in [0.717, 1.165) is 17.7 Å². The van der Waals surface area contributed by atoms with Crippen LogP contribution in [0.1, 0.15) is 15.9 Å². The van der Waals surface area contributed by atoms with E-state index < -0.39 is 29.2 Å². The molecular formula is C18H15F2NO4. The van der Waals surface area contributed by atoms with Gasteiger partial charge in [-0.3, -0.25) is 4.79 Å². The second kappa shape index (κ2) is 6.80. The van der Waals surface area contributed by atoms with Crippen molar-refractivity contribution in [2.24, 2.45) is 5.73 Å². The van der Waals surface area contributed by atoms with Crippen molar-refractivity contribution in [1.82, 2.24) is 0 Å². The highest BCUT2D eigenvalue weighted by Crippen LogP contribution is 2.33. The van der Waals surface area contributed by atoms with Crippen LogP contribution in [0.15, 0.2) is 36.9 Å². The van der Waals surface area contributed by atoms with Gasteiger partial charge >= 0.3 is 0 Å². The van der Waals surface area contributed by atoms with Gasteiger partial charge in [0, 0.05) is 0 Å². The molecule has 2 N–H and O–H groups in total. The molecule has 0 aromatic heterocycles. The summed E-state index contributed by atoms with van der Waals surface area (Å²) < 4.78 is 44.2. The third-order valence-corrected chi connectivity index (χ3v) is 3.65. The fraction of sp³-hybridized carbons (Fsp3) is 0.167. The van der Waals surface area contributed by atoms with Crippen molar-refractivity contribution in [3.8, 4) is 17.2 Å². The molecule has 2 aromatic rings. The first-order valence-electron chi connectivity index (χ1n) is 7.46. The van der Waals surface area contributed by atoms with Gasteiger partial charge in [-0.2, -0.15) is 0 Å². The number of benzene rings is 2. The van der Waals surface area contributed by atoms with Gasteiger partial charge in [-0.25, -0.2) is 8.78 Å². The van der Waals surface area contributed by atoms with Crippen LogP contribution in [0, 0.1) is 11.6 Å². The van der Waals surface area contributed by atoms with Crippen molar-refractivity contribution >= 4 is 12.0 Å². The highest BCUT2D eigenvalue weighted by molar-refractivity contribution is 5.93. The highest BCUT2D eigenvalue weighted by atomic mass is 19.1. The van der Waals surface area contributed by atoms with Crippen LogP contribution in [0.4, 0.5) is 8.78 Å². The van der Waals surface area contributed by atoms with E-state index in [2.05, 4.69) is 6.58 Å². The summed E-state index contributed by atoms with van der Waals surface area (Å²) in [6.45, 7) is 3.83. The number of ether oxygens (including phenoxy) is 3. The van der Waals surface area contributed by atoms with Gasteiger partial charge in [-0.1, -0.05) is 18.7 Å². The highest BCUT2D eigenvalue weighted by Gasteiger charge is 2.24. The lowest BCUT2D eigenvalue weighted by molar-refractivity contribution is 0.0522. The molecule has 1 unspecified atom stereocenters. The quantitative estimate of drug-likeness (QED) is 0.903. The number of hydrogen-bond donors (Lipinski definition) is 1. The third-order valence-electron chi connectivity index (χ3n) is 3.65. The Kier molecular flexibility index (Phi) is 4.56. The van der Waals surface area contributed by atoms with Crippen LogP contribution in [-0.2, 0) is 0 Å². The Morgan fingerprint density at radius 1 is 1.32 bits per heavy atom. The van der Waals surface area contributed by atoms with Crippen LogP contribution in [0.2, 0.25) is 0 Å². The molecule has 0 bridgehead atoms. The Balaban J connectivity index is 1.72. The normalized spacial score (nSPS) is 15.5. The molecule has 1 aliphatic rings. The summed E-state index contributed by atoms with van der Waals surface area (Å²) >= 11 is 0. The second-order valence-corrected chi connectivity index (χ2v) is 5.37. The zero-order chi connectivity index (χ0) is 18.0. The minimum atomic E-state index is -1.21. The Hall–Kier alpha value is -3.09. The first kappa shape index (κ1) is 16.8. The summed E-state index contributed by atoms with van der Waals surface area (Å²) in [5, 5.41) is 0. The smallest absolute Gasteiger partial charge is 0.254 e. The van der Waals surface area contributed by atoms with E-state index >= 15 is 0 Å². The van der Waals surface area contributed by atoms with Crippen molar-refractivity contribution < 1.29 is 27.8 Å². The Bertz CT molecular complexity index is 838. The monoisotopic (exact) mass is 347 g/mol. The van der Waals surface area contributed by atoms with Crippen molar-refractivity contribution in [2.45, 2.75) is 6.10 Å². The lowest BCUT2D eigenvalue weighted by atomic mass is 10.1. The molecule has 1 atom stereocenters. The van der Waals surface area contributed by atoms with Gasteiger partial charge < -0.3 is 19.9 Å². The van der Waals surface area contributed by atoms with E-state index in [-0.39, 0.29) is 19.0 Å². The maximum atomic E-state index is 14.1. The van der Waals surface area contributed by atoms with Crippen LogP contribution in [0.5, 0.6) is 17.2 Å². The number of primary amides is 1. The lowest BCUT2D eigenvalue weighted by Gasteiger charge is -2.26. The molecule has 130 valence electrons. The number of fused-ring (bicyclic) bond motifs is 1. The van der Waals surface area contributed by atoms with Crippen LogP contribution in [-0.4, -0.2) is 25.2 Å². The minimum Gasteiger partial charge on any atom is -0.486 e. The first-order chi connectivity index (χ1) is 12.0. The Morgan fingerprint density at radius 2 is 2.12 bits per heavy atom. The number of nitrogens with two attached hydrogens (primary N) is 1. The van der Waals surface area contributed by atoms with Crippen molar-refractivity contribution in [3.05, 3.63) is 59.7 Å². The van der Waals surface area contributed by atoms with Gasteiger partial charge in [0.25, 0.3) is 5.91 Å².